The number of primary amides is 1. The lowest BCUT2D eigenvalue weighted by molar-refractivity contribution is -0.140. The standard InChI is InChI=1S/C31H35F4N5O3/c1-42-29-17-23(30(36)41)25(32)18-27(29)37-11-3-4-22-16-24-26(5-2-6-28(24)40(22)19-31(33,34)35)38-20-7-9-21(10-8-20)39-12-14-43-15-13-39/h2,5-6,16-18,20-21,37-38H,7-15,19H2,1H3,(H2,36,41). The molecule has 43 heavy (non-hydrogen) atoms. The number of methoxy groups -OCH3 is 1. The lowest BCUT2D eigenvalue weighted by Crippen LogP contribution is -2.46. The first kappa shape index (κ1) is 30.5. The van der Waals surface area contributed by atoms with E-state index in [2.05, 4.69) is 27.4 Å². The first-order chi connectivity index (χ1) is 20.6. The summed E-state index contributed by atoms with van der Waals surface area (Å²) < 4.78 is 67.0. The number of fused-ring (bicyclic) bond motifs is 1. The van der Waals surface area contributed by atoms with Crippen molar-refractivity contribution < 1.29 is 31.8 Å². The Balaban J connectivity index is 1.33. The van der Waals surface area contributed by atoms with Crippen molar-refractivity contribution in [2.75, 3.05) is 50.6 Å². The fourth-order valence-electron chi connectivity index (χ4n) is 5.93. The largest absolute Gasteiger partial charge is 0.495 e. The minimum atomic E-state index is -4.45. The van der Waals surface area contributed by atoms with E-state index in [1.54, 1.807) is 18.2 Å². The molecule has 1 saturated carbocycles. The lowest BCUT2D eigenvalue weighted by Gasteiger charge is -2.39. The van der Waals surface area contributed by atoms with Gasteiger partial charge in [0.05, 0.1) is 49.3 Å². The Bertz CT molecular complexity index is 1510. The van der Waals surface area contributed by atoms with Crippen LogP contribution in [-0.2, 0) is 11.3 Å². The smallest absolute Gasteiger partial charge is 0.406 e. The van der Waals surface area contributed by atoms with Crippen LogP contribution in [0.25, 0.3) is 10.9 Å². The predicted molar refractivity (Wildman–Crippen MR) is 157 cm³/mol. The van der Waals surface area contributed by atoms with E-state index in [-0.39, 0.29) is 35.3 Å². The Hall–Kier alpha value is -3.95. The highest BCUT2D eigenvalue weighted by atomic mass is 19.4. The van der Waals surface area contributed by atoms with Crippen molar-refractivity contribution in [2.24, 2.45) is 5.73 Å². The molecule has 0 bridgehead atoms. The van der Waals surface area contributed by atoms with E-state index in [1.807, 2.05) is 6.07 Å². The summed E-state index contributed by atoms with van der Waals surface area (Å²) in [5.41, 5.74) is 6.53. The first-order valence-corrected chi connectivity index (χ1v) is 14.3. The van der Waals surface area contributed by atoms with Crippen LogP contribution in [0.4, 0.5) is 28.9 Å². The average Bonchev–Trinajstić information content (AvgIpc) is 3.32. The van der Waals surface area contributed by atoms with E-state index < -0.39 is 24.4 Å². The van der Waals surface area contributed by atoms with Crippen molar-refractivity contribution in [3.05, 3.63) is 53.5 Å². The third kappa shape index (κ3) is 7.35. The highest BCUT2D eigenvalue weighted by molar-refractivity contribution is 5.95. The van der Waals surface area contributed by atoms with Crippen LogP contribution >= 0.6 is 0 Å². The number of nitrogens with two attached hydrogens (primary N) is 1. The Morgan fingerprint density at radius 1 is 1.12 bits per heavy atom. The minimum absolute atomic E-state index is 0.0171. The van der Waals surface area contributed by atoms with E-state index in [9.17, 15) is 22.4 Å². The van der Waals surface area contributed by atoms with Crippen LogP contribution in [-0.4, -0.2) is 73.6 Å². The van der Waals surface area contributed by atoms with Gasteiger partial charge in [-0.15, -0.1) is 0 Å². The number of hydrogen-bond donors (Lipinski definition) is 3. The number of amides is 1. The summed E-state index contributed by atoms with van der Waals surface area (Å²) in [4.78, 5) is 13.9. The number of hydrogen-bond acceptors (Lipinski definition) is 6. The maximum atomic E-state index is 14.3. The summed E-state index contributed by atoms with van der Waals surface area (Å²) >= 11 is 0. The number of benzene rings is 2. The molecule has 8 nitrogen and oxygen atoms in total. The molecule has 3 aromatic rings. The summed E-state index contributed by atoms with van der Waals surface area (Å²) in [5.74, 6) is 4.09. The van der Waals surface area contributed by atoms with Gasteiger partial charge in [-0.05, 0) is 55.9 Å². The van der Waals surface area contributed by atoms with Crippen LogP contribution in [0.1, 0.15) is 41.7 Å². The SMILES string of the molecule is COc1cc(C(N)=O)c(F)cc1NCC#Cc1cc2c(NC3CCC(N4CCOCC4)CC3)cccc2n1CC(F)(F)F. The van der Waals surface area contributed by atoms with Gasteiger partial charge in [0, 0.05) is 42.3 Å². The zero-order chi connectivity index (χ0) is 30.6. The maximum Gasteiger partial charge on any atom is 0.406 e. The molecule has 0 radical (unpaired) electrons. The second kappa shape index (κ2) is 13.1. The van der Waals surface area contributed by atoms with Crippen LogP contribution in [0, 0.1) is 17.7 Å². The van der Waals surface area contributed by atoms with Crippen molar-refractivity contribution in [2.45, 2.75) is 50.5 Å². The van der Waals surface area contributed by atoms with E-state index in [0.29, 0.717) is 16.9 Å². The van der Waals surface area contributed by atoms with Gasteiger partial charge >= 0.3 is 6.18 Å². The molecule has 1 aliphatic carbocycles. The van der Waals surface area contributed by atoms with Crippen molar-refractivity contribution in [1.29, 1.82) is 0 Å². The van der Waals surface area contributed by atoms with Gasteiger partial charge in [-0.2, -0.15) is 13.2 Å². The highest BCUT2D eigenvalue weighted by Crippen LogP contribution is 2.33. The molecule has 1 amide bonds. The van der Waals surface area contributed by atoms with Crippen LogP contribution in [0.5, 0.6) is 5.75 Å². The minimum Gasteiger partial charge on any atom is -0.495 e. The van der Waals surface area contributed by atoms with Gasteiger partial charge in [0.2, 0.25) is 0 Å². The number of aromatic nitrogens is 1. The quantitative estimate of drug-likeness (QED) is 0.250. The zero-order valence-electron chi connectivity index (χ0n) is 23.9. The molecule has 0 atom stereocenters. The van der Waals surface area contributed by atoms with E-state index >= 15 is 0 Å². The fourth-order valence-corrected chi connectivity index (χ4v) is 5.93. The van der Waals surface area contributed by atoms with Crippen molar-refractivity contribution >= 4 is 28.2 Å². The number of rotatable bonds is 8. The normalized spacial score (nSPS) is 19.5. The molecule has 5 rings (SSSR count). The molecular weight excluding hydrogens is 566 g/mol. The molecule has 2 heterocycles. The Morgan fingerprint density at radius 2 is 1.86 bits per heavy atom. The number of halogens is 4. The molecule has 2 fully saturated rings. The second-order valence-electron chi connectivity index (χ2n) is 10.8. The molecule has 0 spiro atoms. The molecule has 1 saturated heterocycles. The summed E-state index contributed by atoms with van der Waals surface area (Å²) in [6.07, 6.45) is -0.372. The van der Waals surface area contributed by atoms with Gasteiger partial charge in [0.25, 0.3) is 5.91 Å². The number of morpholine rings is 1. The average molecular weight is 602 g/mol. The Morgan fingerprint density at radius 3 is 2.53 bits per heavy atom. The molecule has 1 aliphatic heterocycles. The van der Waals surface area contributed by atoms with Crippen LogP contribution in [0.2, 0.25) is 0 Å². The third-order valence-corrected chi connectivity index (χ3v) is 8.04. The van der Waals surface area contributed by atoms with E-state index in [1.165, 1.54) is 17.7 Å². The molecule has 2 aromatic carbocycles. The van der Waals surface area contributed by atoms with Crippen LogP contribution < -0.4 is 21.1 Å². The molecular formula is C31H35F4N5O3. The molecule has 12 heteroatoms. The predicted octanol–water partition coefficient (Wildman–Crippen LogP) is 4.97. The number of carbonyl (C=O) groups is 1. The Kier molecular flexibility index (Phi) is 9.32. The Labute approximate surface area is 247 Å². The van der Waals surface area contributed by atoms with Crippen LogP contribution in [0.3, 0.4) is 0 Å². The maximum absolute atomic E-state index is 14.3. The molecule has 230 valence electrons. The van der Waals surface area contributed by atoms with Gasteiger partial charge in [-0.3, -0.25) is 9.69 Å². The lowest BCUT2D eigenvalue weighted by atomic mass is 9.89. The summed E-state index contributed by atoms with van der Waals surface area (Å²) in [6, 6.07) is 10.0. The highest BCUT2D eigenvalue weighted by Gasteiger charge is 2.31. The van der Waals surface area contributed by atoms with Crippen molar-refractivity contribution in [3.8, 4) is 17.6 Å². The number of ether oxygens (including phenoxy) is 2. The summed E-state index contributed by atoms with van der Waals surface area (Å²) in [6.45, 7) is 2.26. The molecule has 4 N–H and O–H groups in total. The van der Waals surface area contributed by atoms with Gasteiger partial charge < -0.3 is 30.4 Å². The van der Waals surface area contributed by atoms with E-state index in [4.69, 9.17) is 15.2 Å². The number of carbonyl (C=O) groups excluding carboxylic acids is 1. The van der Waals surface area contributed by atoms with Gasteiger partial charge in [0.1, 0.15) is 18.1 Å². The fraction of sp³-hybridized carbons (Fsp3) is 0.452. The third-order valence-electron chi connectivity index (χ3n) is 8.04. The number of nitrogens with zero attached hydrogens (tertiary/aromatic N) is 2. The van der Waals surface area contributed by atoms with E-state index in [0.717, 1.165) is 63.7 Å². The summed E-state index contributed by atoms with van der Waals surface area (Å²) in [5, 5.41) is 7.15. The van der Waals surface area contributed by atoms with Crippen molar-refractivity contribution in [1.82, 2.24) is 9.47 Å². The molecule has 2 aliphatic rings. The number of anilines is 2. The van der Waals surface area contributed by atoms with Gasteiger partial charge in [0.15, 0.2) is 0 Å². The summed E-state index contributed by atoms with van der Waals surface area (Å²) in [7, 11) is 1.35. The van der Waals surface area contributed by atoms with Crippen LogP contribution in [0.15, 0.2) is 36.4 Å². The topological polar surface area (TPSA) is 93.8 Å². The monoisotopic (exact) mass is 601 g/mol. The number of nitrogens with one attached hydrogen (secondary N) is 2. The molecule has 1 aromatic heterocycles. The number of alkyl halides is 3. The van der Waals surface area contributed by atoms with Crippen molar-refractivity contribution in [3.63, 3.8) is 0 Å². The van der Waals surface area contributed by atoms with Gasteiger partial charge in [-0.25, -0.2) is 4.39 Å². The first-order valence-electron chi connectivity index (χ1n) is 14.3. The van der Waals surface area contributed by atoms with Gasteiger partial charge in [-0.1, -0.05) is 12.0 Å². The zero-order valence-corrected chi connectivity index (χ0v) is 23.9. The second-order valence-corrected chi connectivity index (χ2v) is 10.8. The molecule has 0 unspecified atom stereocenters.